The molecule has 0 saturated carbocycles. The first-order chi connectivity index (χ1) is 30.3. The quantitative estimate of drug-likeness (QED) is 0.163. The topological polar surface area (TPSA) is 133 Å². The number of aryl methyl sites for hydroxylation is 12. The van der Waals surface area contributed by atoms with Crippen LogP contribution in [-0.2, 0) is 63.3 Å². The molecule has 0 aromatic heterocycles. The molecule has 8 aliphatic heterocycles. The summed E-state index contributed by atoms with van der Waals surface area (Å²) in [6, 6.07) is 17.0. The standard InChI is InChI=1S/C51H62O12P2/c1-27-17-31(5)39(32(6)18-27)45(40-33(7)19-28(2)20-34(40)8)48-47(42-37(11)23-30(4)24-38(42)12,55-46(54-45,43(13,14)25-52)41-35(9)21-29(3)22-36(41)10)58-64-60-50(48,61-64)56-49(44(15,16)26-53)57-51(48)62-65(59-49)63-51/h17-24,52-53H,25-26H2,1-16H3. The highest BCUT2D eigenvalue weighted by atomic mass is 31.2. The Hall–Kier alpha value is -2.74. The van der Waals surface area contributed by atoms with Gasteiger partial charge in [0, 0.05) is 16.5 Å². The minimum absolute atomic E-state index is 0.381. The van der Waals surface area contributed by atoms with Crippen LogP contribution in [0.3, 0.4) is 0 Å². The maximum Gasteiger partial charge on any atom is 0.346 e. The monoisotopic (exact) mass is 928 g/mol. The van der Waals surface area contributed by atoms with Crippen molar-refractivity contribution in [3.63, 3.8) is 0 Å². The summed E-state index contributed by atoms with van der Waals surface area (Å²) in [7, 11) is -4.48. The van der Waals surface area contributed by atoms with Crippen LogP contribution in [0.5, 0.6) is 0 Å². The number of hydrogen-bond donors (Lipinski definition) is 2. The summed E-state index contributed by atoms with van der Waals surface area (Å²) in [6.45, 7) is 31.4. The molecule has 4 atom stereocenters. The van der Waals surface area contributed by atoms with Crippen molar-refractivity contribution in [3.8, 4) is 0 Å². The van der Waals surface area contributed by atoms with Crippen LogP contribution in [0.1, 0.15) is 117 Å². The molecule has 4 aromatic rings. The molecule has 8 aliphatic rings. The van der Waals surface area contributed by atoms with Crippen molar-refractivity contribution in [2.75, 3.05) is 13.2 Å². The van der Waals surface area contributed by atoms with Gasteiger partial charge in [-0.25, -0.2) is 0 Å². The van der Waals surface area contributed by atoms with Crippen LogP contribution in [-0.4, -0.2) is 41.3 Å². The summed E-state index contributed by atoms with van der Waals surface area (Å²) in [5.41, 5.74) is 7.08. The number of aliphatic hydroxyl groups excluding tert-OH is 2. The molecule has 65 heavy (non-hydrogen) atoms. The van der Waals surface area contributed by atoms with Crippen molar-refractivity contribution in [1.82, 2.24) is 0 Å². The van der Waals surface area contributed by atoms with Crippen molar-refractivity contribution >= 4 is 17.2 Å². The molecule has 0 amide bonds. The van der Waals surface area contributed by atoms with E-state index in [0.717, 1.165) is 72.3 Å². The van der Waals surface area contributed by atoms with Gasteiger partial charge in [-0.15, -0.1) is 0 Å². The van der Waals surface area contributed by atoms with Gasteiger partial charge in [-0.2, -0.15) is 0 Å². The van der Waals surface area contributed by atoms with Crippen LogP contribution >= 0.6 is 17.2 Å². The molecule has 8 saturated heterocycles. The lowest BCUT2D eigenvalue weighted by Gasteiger charge is -2.82. The van der Waals surface area contributed by atoms with Crippen molar-refractivity contribution in [3.05, 3.63) is 138 Å². The Kier molecular flexibility index (Phi) is 10.0. The molecular formula is C51H62O12P2. The fourth-order valence-corrected chi connectivity index (χ4v) is 15.3. The van der Waals surface area contributed by atoms with Gasteiger partial charge in [0.1, 0.15) is 0 Å². The van der Waals surface area contributed by atoms with Crippen LogP contribution < -0.4 is 0 Å². The first kappa shape index (κ1) is 46.0. The number of hydrogen-bond acceptors (Lipinski definition) is 12. The fourth-order valence-electron chi connectivity index (χ4n) is 12.6. The first-order valence-electron chi connectivity index (χ1n) is 22.4. The Balaban J connectivity index is 1.54. The van der Waals surface area contributed by atoms with Gasteiger partial charge in [-0.3, -0.25) is 36.6 Å². The van der Waals surface area contributed by atoms with Crippen LogP contribution in [0.15, 0.2) is 48.5 Å². The van der Waals surface area contributed by atoms with Crippen molar-refractivity contribution in [2.45, 2.75) is 146 Å². The normalized spacial score (nSPS) is 34.3. The predicted octanol–water partition coefficient (Wildman–Crippen LogP) is 11.0. The number of aliphatic hydroxyl groups is 2. The van der Waals surface area contributed by atoms with Gasteiger partial charge in [0.25, 0.3) is 0 Å². The second kappa shape index (κ2) is 14.2. The van der Waals surface area contributed by atoms with Gasteiger partial charge in [0.05, 0.1) is 18.6 Å². The van der Waals surface area contributed by atoms with Gasteiger partial charge in [0.2, 0.25) is 17.0 Å². The molecule has 3 spiro atoms. The fraction of sp³-hybridized carbons (Fsp3) is 0.529. The van der Waals surface area contributed by atoms with Crippen LogP contribution in [0.25, 0.3) is 0 Å². The minimum Gasteiger partial charge on any atom is -0.396 e. The van der Waals surface area contributed by atoms with E-state index in [-0.39, 0.29) is 6.61 Å². The van der Waals surface area contributed by atoms with E-state index in [4.69, 9.17) is 46.1 Å². The number of ether oxygens (including phenoxy) is 4. The maximum absolute atomic E-state index is 12.1. The zero-order valence-corrected chi connectivity index (χ0v) is 42.2. The van der Waals surface area contributed by atoms with E-state index in [1.54, 1.807) is 13.8 Å². The van der Waals surface area contributed by atoms with Gasteiger partial charge in [-0.1, -0.05) is 84.6 Å². The molecule has 8 fully saturated rings. The molecule has 12 nitrogen and oxygen atoms in total. The zero-order chi connectivity index (χ0) is 47.0. The van der Waals surface area contributed by atoms with Gasteiger partial charge in [-0.05, 0) is 153 Å². The largest absolute Gasteiger partial charge is 0.396 e. The Bertz CT molecular complexity index is 2540. The predicted molar refractivity (Wildman–Crippen MR) is 244 cm³/mol. The van der Waals surface area contributed by atoms with Crippen LogP contribution in [0.4, 0.5) is 0 Å². The van der Waals surface area contributed by atoms with E-state index in [1.165, 1.54) is 0 Å². The van der Waals surface area contributed by atoms with Gasteiger partial charge < -0.3 is 19.7 Å². The third kappa shape index (κ3) is 5.42. The van der Waals surface area contributed by atoms with Crippen molar-refractivity contribution in [1.29, 1.82) is 0 Å². The molecule has 2 N–H and O–H groups in total. The Labute approximate surface area is 385 Å². The zero-order valence-electron chi connectivity index (χ0n) is 40.4. The summed E-state index contributed by atoms with van der Waals surface area (Å²) in [6.07, 6.45) is 0. The molecule has 14 heteroatoms. The van der Waals surface area contributed by atoms with Crippen molar-refractivity contribution in [2.24, 2.45) is 16.2 Å². The van der Waals surface area contributed by atoms with Gasteiger partial charge >= 0.3 is 35.1 Å². The average molecular weight is 929 g/mol. The van der Waals surface area contributed by atoms with E-state index in [0.29, 0.717) is 16.7 Å². The molecule has 12 rings (SSSR count). The highest BCUT2D eigenvalue weighted by Crippen LogP contribution is 2.94. The van der Waals surface area contributed by atoms with E-state index < -0.39 is 75.2 Å². The average Bonchev–Trinajstić information content (AvgIpc) is 3.14. The first-order valence-corrected chi connectivity index (χ1v) is 24.6. The Morgan fingerprint density at radius 3 is 1.12 bits per heavy atom. The molecule has 5 bridgehead atoms. The lowest BCUT2D eigenvalue weighted by molar-refractivity contribution is -0.736. The van der Waals surface area contributed by atoms with Crippen LogP contribution in [0, 0.1) is 99.3 Å². The molecule has 348 valence electrons. The summed E-state index contributed by atoms with van der Waals surface area (Å²) >= 11 is 0. The summed E-state index contributed by atoms with van der Waals surface area (Å²) < 4.78 is 74.5. The van der Waals surface area contributed by atoms with E-state index >= 15 is 0 Å². The minimum atomic E-state index is -2.28. The molecule has 4 unspecified atom stereocenters. The molecular weight excluding hydrogens is 866 g/mol. The van der Waals surface area contributed by atoms with E-state index in [1.807, 2.05) is 27.7 Å². The second-order valence-electron chi connectivity index (χ2n) is 20.9. The highest BCUT2D eigenvalue weighted by Gasteiger charge is 3.05. The molecule has 4 aromatic carbocycles. The van der Waals surface area contributed by atoms with E-state index in [9.17, 15) is 10.2 Å². The Morgan fingerprint density at radius 2 is 0.754 bits per heavy atom. The lowest BCUT2D eigenvalue weighted by Crippen LogP contribution is -2.95. The molecule has 0 radical (unpaired) electrons. The smallest absolute Gasteiger partial charge is 0.346 e. The van der Waals surface area contributed by atoms with Gasteiger partial charge in [0.15, 0.2) is 5.60 Å². The molecule has 0 aliphatic carbocycles. The summed E-state index contributed by atoms with van der Waals surface area (Å²) in [5.74, 6) is -10.6. The Morgan fingerprint density at radius 1 is 0.415 bits per heavy atom. The number of rotatable bonds is 8. The SMILES string of the molecule is Cc1cc(C)c(C2(C(C)(C)CO)OC3(c4c(C)cc(C)cc4C)OP4OC5(O4)OC4(C(C)(C)CO)OP6OC(O6)(O4)C53C(c3c(C)cc(C)cc3C)(c3c(C)cc(C)cc3C)O2)c(C)c1. The lowest BCUT2D eigenvalue weighted by atomic mass is 9.51. The third-order valence-corrected chi connectivity index (χ3v) is 17.2. The van der Waals surface area contributed by atoms with Crippen LogP contribution in [0.2, 0.25) is 0 Å². The second-order valence-corrected chi connectivity index (χ2v) is 22.9. The molecule has 8 heterocycles. The summed E-state index contributed by atoms with van der Waals surface area (Å²) in [5, 5.41) is 23.2. The third-order valence-electron chi connectivity index (χ3n) is 14.8. The van der Waals surface area contributed by atoms with E-state index in [2.05, 4.69) is 118 Å². The maximum atomic E-state index is 12.1. The summed E-state index contributed by atoms with van der Waals surface area (Å²) in [4.78, 5) is 0. The number of benzene rings is 4. The highest BCUT2D eigenvalue weighted by molar-refractivity contribution is 7.43. The van der Waals surface area contributed by atoms with Crippen molar-refractivity contribution < 1.29 is 56.3 Å².